The second kappa shape index (κ2) is 5.87. The summed E-state index contributed by atoms with van der Waals surface area (Å²) in [6.45, 7) is 2.66. The molecule has 1 unspecified atom stereocenters. The number of fused-ring (bicyclic) bond motifs is 1. The largest absolute Gasteiger partial charge is 0.358 e. The number of anilines is 1. The highest BCUT2D eigenvalue weighted by atomic mass is 32.1. The van der Waals surface area contributed by atoms with Crippen molar-refractivity contribution < 1.29 is 4.79 Å². The van der Waals surface area contributed by atoms with Gasteiger partial charge in [-0.1, -0.05) is 30.3 Å². The maximum Gasteiger partial charge on any atom is 0.244 e. The Morgan fingerprint density at radius 3 is 2.75 bits per heavy atom. The summed E-state index contributed by atoms with van der Waals surface area (Å²) < 4.78 is 0. The molecule has 24 heavy (non-hydrogen) atoms. The van der Waals surface area contributed by atoms with Crippen LogP contribution >= 0.6 is 11.3 Å². The third-order valence-corrected chi connectivity index (χ3v) is 5.24. The van der Waals surface area contributed by atoms with Crippen LogP contribution in [0.15, 0.2) is 35.7 Å². The second-order valence-electron chi connectivity index (χ2n) is 6.06. The fourth-order valence-electron chi connectivity index (χ4n) is 3.10. The number of likely N-dealkylation sites (N-methyl/N-ethyl adjacent to an activating group) is 1. The maximum absolute atomic E-state index is 12.2. The van der Waals surface area contributed by atoms with Crippen molar-refractivity contribution in [2.45, 2.75) is 19.4 Å². The van der Waals surface area contributed by atoms with Crippen molar-refractivity contribution in [1.82, 2.24) is 14.9 Å². The lowest BCUT2D eigenvalue weighted by molar-refractivity contribution is -0.127. The molecule has 1 aromatic carbocycles. The van der Waals surface area contributed by atoms with Crippen LogP contribution < -0.4 is 5.32 Å². The number of rotatable bonds is 3. The monoisotopic (exact) mass is 338 g/mol. The zero-order valence-corrected chi connectivity index (χ0v) is 14.4. The first kappa shape index (κ1) is 15.1. The summed E-state index contributed by atoms with van der Waals surface area (Å²) in [6.07, 6.45) is 0.796. The van der Waals surface area contributed by atoms with E-state index in [0.29, 0.717) is 5.82 Å². The lowest BCUT2D eigenvalue weighted by atomic mass is 10.1. The van der Waals surface area contributed by atoms with Gasteiger partial charge >= 0.3 is 0 Å². The predicted octanol–water partition coefficient (Wildman–Crippen LogP) is 3.31. The molecule has 0 radical (unpaired) electrons. The minimum Gasteiger partial charge on any atom is -0.358 e. The number of nitrogens with zero attached hydrogens (tertiary/aromatic N) is 3. The molecule has 1 saturated heterocycles. The Morgan fingerprint density at radius 1 is 1.25 bits per heavy atom. The summed E-state index contributed by atoms with van der Waals surface area (Å²) in [5, 5.41) is 6.48. The number of carbonyl (C=O) groups excluding carboxylic acids is 1. The number of amides is 1. The van der Waals surface area contributed by atoms with Gasteiger partial charge in [-0.3, -0.25) is 4.79 Å². The molecule has 1 aliphatic rings. The van der Waals surface area contributed by atoms with Crippen molar-refractivity contribution in [2.75, 3.05) is 18.9 Å². The number of aryl methyl sites for hydroxylation is 1. The van der Waals surface area contributed by atoms with Crippen LogP contribution in [0.5, 0.6) is 0 Å². The summed E-state index contributed by atoms with van der Waals surface area (Å²) in [7, 11) is 1.84. The molecular weight excluding hydrogens is 320 g/mol. The highest BCUT2D eigenvalue weighted by molar-refractivity contribution is 7.17. The molecule has 0 spiro atoms. The molecule has 0 saturated carbocycles. The van der Waals surface area contributed by atoms with Crippen molar-refractivity contribution in [3.8, 4) is 11.1 Å². The van der Waals surface area contributed by atoms with Crippen molar-refractivity contribution in [2.24, 2.45) is 0 Å². The van der Waals surface area contributed by atoms with E-state index in [9.17, 15) is 4.79 Å². The molecule has 6 heteroatoms. The first-order valence-corrected chi connectivity index (χ1v) is 8.84. The van der Waals surface area contributed by atoms with E-state index in [1.807, 2.05) is 32.2 Å². The third-order valence-electron chi connectivity index (χ3n) is 4.37. The first-order valence-electron chi connectivity index (χ1n) is 7.96. The van der Waals surface area contributed by atoms with Gasteiger partial charge in [-0.25, -0.2) is 9.97 Å². The molecule has 2 aromatic heterocycles. The van der Waals surface area contributed by atoms with E-state index in [1.54, 1.807) is 16.2 Å². The van der Waals surface area contributed by atoms with Gasteiger partial charge in [-0.15, -0.1) is 11.3 Å². The Kier molecular flexibility index (Phi) is 3.69. The van der Waals surface area contributed by atoms with Gasteiger partial charge in [0.2, 0.25) is 5.91 Å². The third kappa shape index (κ3) is 2.53. The van der Waals surface area contributed by atoms with Gasteiger partial charge in [0.1, 0.15) is 22.5 Å². The van der Waals surface area contributed by atoms with Crippen LogP contribution in [-0.2, 0) is 4.79 Å². The molecular formula is C18H18N4OS. The predicted molar refractivity (Wildman–Crippen MR) is 97.3 cm³/mol. The number of thiophene rings is 1. The van der Waals surface area contributed by atoms with Gasteiger partial charge in [0.15, 0.2) is 0 Å². The number of hydrogen-bond acceptors (Lipinski definition) is 5. The lowest BCUT2D eigenvalue weighted by Gasteiger charge is -2.14. The van der Waals surface area contributed by atoms with E-state index in [4.69, 9.17) is 0 Å². The van der Waals surface area contributed by atoms with Gasteiger partial charge in [-0.05, 0) is 18.9 Å². The molecule has 1 atom stereocenters. The average Bonchev–Trinajstić information content (AvgIpc) is 3.14. The number of nitrogens with one attached hydrogen (secondary N) is 1. The Bertz CT molecular complexity index is 906. The van der Waals surface area contributed by atoms with Gasteiger partial charge in [0.05, 0.1) is 5.39 Å². The minimum absolute atomic E-state index is 0.121. The molecule has 5 nitrogen and oxygen atoms in total. The van der Waals surface area contributed by atoms with Crippen LogP contribution in [0.1, 0.15) is 12.2 Å². The van der Waals surface area contributed by atoms with Gasteiger partial charge in [0, 0.05) is 24.5 Å². The molecule has 0 bridgehead atoms. The fraction of sp³-hybridized carbons (Fsp3) is 0.278. The molecule has 1 fully saturated rings. The Hall–Kier alpha value is -2.47. The van der Waals surface area contributed by atoms with E-state index in [0.717, 1.165) is 40.1 Å². The molecule has 122 valence electrons. The van der Waals surface area contributed by atoms with Gasteiger partial charge in [-0.2, -0.15) is 0 Å². The zero-order chi connectivity index (χ0) is 16.7. The number of aromatic nitrogens is 2. The van der Waals surface area contributed by atoms with Gasteiger partial charge < -0.3 is 10.2 Å². The number of carbonyl (C=O) groups is 1. The summed E-state index contributed by atoms with van der Waals surface area (Å²) in [4.78, 5) is 24.1. The molecule has 1 N–H and O–H groups in total. The summed E-state index contributed by atoms with van der Waals surface area (Å²) in [5.74, 6) is 1.59. The van der Waals surface area contributed by atoms with Crippen molar-refractivity contribution in [1.29, 1.82) is 0 Å². The second-order valence-corrected chi connectivity index (χ2v) is 6.92. The van der Waals surface area contributed by atoms with E-state index < -0.39 is 0 Å². The van der Waals surface area contributed by atoms with Crippen LogP contribution in [-0.4, -0.2) is 40.4 Å². The molecule has 1 amide bonds. The molecule has 0 aliphatic carbocycles. The first-order chi connectivity index (χ1) is 11.6. The summed E-state index contributed by atoms with van der Waals surface area (Å²) in [6, 6.07) is 10.0. The standard InChI is InChI=1S/C18H18N4OS/c1-11-19-16(21-14-8-9-22(2)18(14)23)15-13(10-24-17(15)20-11)12-6-4-3-5-7-12/h3-7,10,14H,8-9H2,1-2H3,(H,19,20,21). The number of hydrogen-bond donors (Lipinski definition) is 1. The highest BCUT2D eigenvalue weighted by Crippen LogP contribution is 2.37. The van der Waals surface area contributed by atoms with E-state index in [-0.39, 0.29) is 11.9 Å². The number of likely N-dealkylation sites (tertiary alicyclic amines) is 1. The number of benzene rings is 1. The zero-order valence-electron chi connectivity index (χ0n) is 13.6. The van der Waals surface area contributed by atoms with Crippen LogP contribution in [0.3, 0.4) is 0 Å². The summed E-state index contributed by atoms with van der Waals surface area (Å²) >= 11 is 1.61. The van der Waals surface area contributed by atoms with Crippen molar-refractivity contribution in [3.05, 3.63) is 41.5 Å². The van der Waals surface area contributed by atoms with Crippen LogP contribution in [0.4, 0.5) is 5.82 Å². The molecule has 3 aromatic rings. The van der Waals surface area contributed by atoms with E-state index in [2.05, 4.69) is 32.8 Å². The molecule has 1 aliphatic heterocycles. The average molecular weight is 338 g/mol. The van der Waals surface area contributed by atoms with Crippen molar-refractivity contribution in [3.63, 3.8) is 0 Å². The quantitative estimate of drug-likeness (QED) is 0.796. The minimum atomic E-state index is -0.212. The Morgan fingerprint density at radius 2 is 2.04 bits per heavy atom. The molecule has 4 rings (SSSR count). The smallest absolute Gasteiger partial charge is 0.244 e. The maximum atomic E-state index is 12.2. The fourth-order valence-corrected chi connectivity index (χ4v) is 4.10. The lowest BCUT2D eigenvalue weighted by Crippen LogP contribution is -2.31. The van der Waals surface area contributed by atoms with Crippen LogP contribution in [0.25, 0.3) is 21.3 Å². The SMILES string of the molecule is Cc1nc(NC2CCN(C)C2=O)c2c(-c3ccccc3)csc2n1. The summed E-state index contributed by atoms with van der Waals surface area (Å²) in [5.41, 5.74) is 2.24. The molecule has 3 heterocycles. The van der Waals surface area contributed by atoms with Crippen molar-refractivity contribution >= 4 is 33.3 Å². The van der Waals surface area contributed by atoms with E-state index in [1.165, 1.54) is 0 Å². The highest BCUT2D eigenvalue weighted by Gasteiger charge is 2.30. The van der Waals surface area contributed by atoms with Crippen LogP contribution in [0.2, 0.25) is 0 Å². The van der Waals surface area contributed by atoms with Crippen LogP contribution in [0, 0.1) is 6.92 Å². The van der Waals surface area contributed by atoms with E-state index >= 15 is 0 Å². The Balaban J connectivity index is 1.82. The Labute approximate surface area is 144 Å². The normalized spacial score (nSPS) is 17.7. The van der Waals surface area contributed by atoms with Gasteiger partial charge in [0.25, 0.3) is 0 Å². The topological polar surface area (TPSA) is 58.1 Å².